The molecule has 1 aromatic heterocycles. The van der Waals surface area contributed by atoms with E-state index in [-0.39, 0.29) is 12.4 Å². The molecule has 0 saturated carbocycles. The lowest BCUT2D eigenvalue weighted by Gasteiger charge is -2.00. The molecule has 0 spiro atoms. The molecule has 1 heterocycles. The maximum atomic E-state index is 4.11. The summed E-state index contributed by atoms with van der Waals surface area (Å²) in [5.41, 5.74) is 2.50. The van der Waals surface area contributed by atoms with Crippen molar-refractivity contribution >= 4 is 12.4 Å². The number of hydrogen-bond acceptors (Lipinski definition) is 2. The zero-order valence-corrected chi connectivity index (χ0v) is 7.90. The lowest BCUT2D eigenvalue weighted by molar-refractivity contribution is 0.670. The van der Waals surface area contributed by atoms with Gasteiger partial charge in [-0.1, -0.05) is 0 Å². The molecular formula is C7H14ClN3. The third kappa shape index (κ3) is 2.20. The van der Waals surface area contributed by atoms with Gasteiger partial charge in [0.05, 0.1) is 11.9 Å². The normalized spacial score (nSPS) is 9.36. The van der Waals surface area contributed by atoms with Gasteiger partial charge in [-0.25, -0.2) is 0 Å². The molecule has 1 N–H and O–H groups in total. The van der Waals surface area contributed by atoms with E-state index >= 15 is 0 Å². The van der Waals surface area contributed by atoms with Crippen molar-refractivity contribution in [3.63, 3.8) is 0 Å². The fraction of sp³-hybridized carbons (Fsp3) is 0.571. The van der Waals surface area contributed by atoms with Crippen molar-refractivity contribution in [1.29, 1.82) is 0 Å². The first-order valence-electron chi connectivity index (χ1n) is 3.37. The summed E-state index contributed by atoms with van der Waals surface area (Å²) in [5.74, 6) is 0. The number of rotatable bonds is 2. The van der Waals surface area contributed by atoms with Crippen LogP contribution in [-0.4, -0.2) is 16.8 Å². The lowest BCUT2D eigenvalue weighted by Crippen LogP contribution is -2.10. The Bertz CT molecular complexity index is 200. The Morgan fingerprint density at radius 1 is 1.64 bits per heavy atom. The molecule has 11 heavy (non-hydrogen) atoms. The lowest BCUT2D eigenvalue weighted by atomic mass is 10.3. The van der Waals surface area contributed by atoms with Gasteiger partial charge < -0.3 is 5.32 Å². The third-order valence-corrected chi connectivity index (χ3v) is 1.61. The molecule has 0 saturated heterocycles. The first kappa shape index (κ1) is 10.5. The van der Waals surface area contributed by atoms with E-state index in [0.717, 1.165) is 6.54 Å². The topological polar surface area (TPSA) is 29.9 Å². The van der Waals surface area contributed by atoms with E-state index < -0.39 is 0 Å². The number of nitrogens with one attached hydrogen (secondary N) is 1. The Balaban J connectivity index is 0.000001000. The number of halogens is 1. The number of nitrogens with zero attached hydrogens (tertiary/aromatic N) is 2. The monoisotopic (exact) mass is 175 g/mol. The highest BCUT2D eigenvalue weighted by Crippen LogP contribution is 2.03. The smallest absolute Gasteiger partial charge is 0.0547 e. The Hall–Kier alpha value is -0.540. The predicted octanol–water partition coefficient (Wildman–Crippen LogP) is 0.870. The van der Waals surface area contributed by atoms with Crippen LogP contribution in [0.25, 0.3) is 0 Å². The highest BCUT2D eigenvalue weighted by atomic mass is 35.5. The Morgan fingerprint density at radius 2 is 2.27 bits per heavy atom. The minimum absolute atomic E-state index is 0. The van der Waals surface area contributed by atoms with Crippen molar-refractivity contribution in [2.24, 2.45) is 7.05 Å². The summed E-state index contributed by atoms with van der Waals surface area (Å²) >= 11 is 0. The first-order valence-corrected chi connectivity index (χ1v) is 3.37. The molecule has 0 aliphatic carbocycles. The van der Waals surface area contributed by atoms with Crippen molar-refractivity contribution in [1.82, 2.24) is 15.1 Å². The zero-order valence-electron chi connectivity index (χ0n) is 7.09. The third-order valence-electron chi connectivity index (χ3n) is 1.61. The number of aromatic nitrogens is 2. The van der Waals surface area contributed by atoms with Gasteiger partial charge in [-0.05, 0) is 19.5 Å². The van der Waals surface area contributed by atoms with Crippen molar-refractivity contribution in [3.05, 3.63) is 17.5 Å². The van der Waals surface area contributed by atoms with E-state index in [9.17, 15) is 0 Å². The van der Waals surface area contributed by atoms with Crippen molar-refractivity contribution < 1.29 is 0 Å². The van der Waals surface area contributed by atoms with Gasteiger partial charge in [0.15, 0.2) is 0 Å². The molecule has 1 aromatic rings. The van der Waals surface area contributed by atoms with Crippen LogP contribution in [0.2, 0.25) is 0 Å². The average Bonchev–Trinajstić information content (AvgIpc) is 2.20. The zero-order chi connectivity index (χ0) is 7.56. The first-order chi connectivity index (χ1) is 4.75. The van der Waals surface area contributed by atoms with Crippen LogP contribution in [0.15, 0.2) is 6.20 Å². The summed E-state index contributed by atoms with van der Waals surface area (Å²) < 4.78 is 1.89. The second-order valence-electron chi connectivity index (χ2n) is 2.43. The Morgan fingerprint density at radius 3 is 2.64 bits per heavy atom. The van der Waals surface area contributed by atoms with E-state index in [4.69, 9.17) is 0 Å². The summed E-state index contributed by atoms with van der Waals surface area (Å²) in [4.78, 5) is 0. The van der Waals surface area contributed by atoms with Gasteiger partial charge >= 0.3 is 0 Å². The fourth-order valence-electron chi connectivity index (χ4n) is 0.994. The molecule has 3 nitrogen and oxygen atoms in total. The van der Waals surface area contributed by atoms with Gasteiger partial charge in [0, 0.05) is 13.6 Å². The number of aryl methyl sites for hydroxylation is 2. The molecule has 0 atom stereocenters. The fourth-order valence-corrected chi connectivity index (χ4v) is 0.994. The minimum Gasteiger partial charge on any atom is -0.314 e. The molecule has 0 bridgehead atoms. The summed E-state index contributed by atoms with van der Waals surface area (Å²) in [6.07, 6.45) is 1.88. The molecule has 0 radical (unpaired) electrons. The maximum Gasteiger partial charge on any atom is 0.0547 e. The highest BCUT2D eigenvalue weighted by molar-refractivity contribution is 5.85. The second-order valence-corrected chi connectivity index (χ2v) is 2.43. The van der Waals surface area contributed by atoms with Gasteiger partial charge in [0.1, 0.15) is 0 Å². The van der Waals surface area contributed by atoms with E-state index in [1.54, 1.807) is 0 Å². The molecule has 0 unspecified atom stereocenters. The second kappa shape index (κ2) is 4.36. The Labute approximate surface area is 73.2 Å². The molecule has 0 aliphatic heterocycles. The quantitative estimate of drug-likeness (QED) is 0.723. The molecule has 0 fully saturated rings. The van der Waals surface area contributed by atoms with E-state index in [1.807, 2.05) is 25.0 Å². The van der Waals surface area contributed by atoms with Crippen LogP contribution in [0, 0.1) is 6.92 Å². The van der Waals surface area contributed by atoms with Crippen molar-refractivity contribution in [3.8, 4) is 0 Å². The SMILES string of the molecule is CNCc1c(C)cnn1C.Cl. The van der Waals surface area contributed by atoms with Crippen LogP contribution in [0.3, 0.4) is 0 Å². The van der Waals surface area contributed by atoms with E-state index in [0.29, 0.717) is 0 Å². The van der Waals surface area contributed by atoms with Crippen LogP contribution in [0.5, 0.6) is 0 Å². The largest absolute Gasteiger partial charge is 0.314 e. The molecule has 0 aliphatic rings. The Kier molecular flexibility index (Phi) is 4.15. The average molecular weight is 176 g/mol. The van der Waals surface area contributed by atoms with Crippen molar-refractivity contribution in [2.75, 3.05) is 7.05 Å². The number of hydrogen-bond donors (Lipinski definition) is 1. The minimum atomic E-state index is 0. The summed E-state index contributed by atoms with van der Waals surface area (Å²) in [7, 11) is 3.89. The van der Waals surface area contributed by atoms with Crippen LogP contribution in [-0.2, 0) is 13.6 Å². The molecule has 4 heteroatoms. The maximum absolute atomic E-state index is 4.11. The van der Waals surface area contributed by atoms with Gasteiger partial charge in [-0.2, -0.15) is 5.10 Å². The molecule has 0 amide bonds. The van der Waals surface area contributed by atoms with Gasteiger partial charge in [-0.3, -0.25) is 4.68 Å². The molecule has 1 rings (SSSR count). The van der Waals surface area contributed by atoms with E-state index in [2.05, 4.69) is 17.3 Å². The van der Waals surface area contributed by atoms with E-state index in [1.165, 1.54) is 11.3 Å². The molecule has 64 valence electrons. The predicted molar refractivity (Wildman–Crippen MR) is 48.0 cm³/mol. The van der Waals surface area contributed by atoms with Crippen LogP contribution < -0.4 is 5.32 Å². The standard InChI is InChI=1S/C7H13N3.ClH/c1-6-4-9-10(3)7(6)5-8-2;/h4,8H,5H2,1-3H3;1H. The molecule has 0 aromatic carbocycles. The highest BCUT2D eigenvalue weighted by Gasteiger charge is 2.00. The van der Waals surface area contributed by atoms with Crippen LogP contribution >= 0.6 is 12.4 Å². The van der Waals surface area contributed by atoms with Gasteiger partial charge in [0.2, 0.25) is 0 Å². The van der Waals surface area contributed by atoms with Crippen molar-refractivity contribution in [2.45, 2.75) is 13.5 Å². The van der Waals surface area contributed by atoms with Crippen LogP contribution in [0.4, 0.5) is 0 Å². The van der Waals surface area contributed by atoms with Gasteiger partial charge in [0.25, 0.3) is 0 Å². The van der Waals surface area contributed by atoms with Crippen LogP contribution in [0.1, 0.15) is 11.3 Å². The summed E-state index contributed by atoms with van der Waals surface area (Å²) in [5, 5.41) is 7.20. The summed E-state index contributed by atoms with van der Waals surface area (Å²) in [6, 6.07) is 0. The van der Waals surface area contributed by atoms with Gasteiger partial charge in [-0.15, -0.1) is 12.4 Å². The molecular weight excluding hydrogens is 162 g/mol. The summed E-state index contributed by atoms with van der Waals surface area (Å²) in [6.45, 7) is 2.96.